The van der Waals surface area contributed by atoms with E-state index >= 15 is 0 Å². The summed E-state index contributed by atoms with van der Waals surface area (Å²) in [6.45, 7) is 0. The molecule has 0 saturated heterocycles. The summed E-state index contributed by atoms with van der Waals surface area (Å²) in [6.07, 6.45) is 3.92. The summed E-state index contributed by atoms with van der Waals surface area (Å²) in [5, 5.41) is 8.62. The van der Waals surface area contributed by atoms with E-state index in [1.165, 1.54) is 0 Å². The number of hydrogen-bond donors (Lipinski definition) is 1. The molecule has 2 nitrogen and oxygen atoms in total. The van der Waals surface area contributed by atoms with Gasteiger partial charge in [0.1, 0.15) is 0 Å². The van der Waals surface area contributed by atoms with E-state index in [1.807, 2.05) is 0 Å². The Bertz CT molecular complexity index is 128. The Balaban J connectivity index is 2.33. The van der Waals surface area contributed by atoms with Crippen molar-refractivity contribution in [1.82, 2.24) is 0 Å². The molecule has 0 aromatic carbocycles. The minimum Gasteiger partial charge on any atom is -0.481 e. The Morgan fingerprint density at radius 1 is 1.30 bits per heavy atom. The van der Waals surface area contributed by atoms with Gasteiger partial charge in [-0.25, -0.2) is 0 Å². The maximum absolute atomic E-state index is 10.5. The van der Waals surface area contributed by atoms with Crippen molar-refractivity contribution in [2.45, 2.75) is 29.6 Å². The number of aliphatic carboxylic acids is 1. The second-order valence-electron chi connectivity index (χ2n) is 2.79. The Morgan fingerprint density at radius 2 is 1.80 bits per heavy atom. The molecule has 1 N–H and O–H groups in total. The fourth-order valence-corrected chi connectivity index (χ4v) is 2.02. The molecule has 0 heterocycles. The predicted molar refractivity (Wildman–Crippen MR) is 47.4 cm³/mol. The van der Waals surface area contributed by atoms with Crippen LogP contribution in [0.1, 0.15) is 25.7 Å². The van der Waals surface area contributed by atoms with E-state index in [9.17, 15) is 4.79 Å². The van der Waals surface area contributed by atoms with Gasteiger partial charge in [0.25, 0.3) is 0 Å². The van der Waals surface area contributed by atoms with Crippen LogP contribution in [0.25, 0.3) is 0 Å². The summed E-state index contributed by atoms with van der Waals surface area (Å²) in [6, 6.07) is 0. The highest BCUT2D eigenvalue weighted by Gasteiger charge is 2.23. The third-order valence-corrected chi connectivity index (χ3v) is 3.25. The first-order chi connectivity index (χ1) is 4.70. The van der Waals surface area contributed by atoms with Crippen molar-refractivity contribution in [2.75, 3.05) is 0 Å². The standard InChI is InChI=1S/C7H11IO2/c8-6-3-1-5(2-4-6)7(9)10/h5-6H,1-4H2,(H,9,10)/t5-,6-. The second-order valence-corrected chi connectivity index (χ2v) is 4.55. The van der Waals surface area contributed by atoms with E-state index in [2.05, 4.69) is 22.6 Å². The lowest BCUT2D eigenvalue weighted by atomic mass is 9.89. The normalized spacial score (nSPS) is 33.7. The van der Waals surface area contributed by atoms with Gasteiger partial charge < -0.3 is 5.11 Å². The molecule has 0 atom stereocenters. The molecule has 0 radical (unpaired) electrons. The fourth-order valence-electron chi connectivity index (χ4n) is 1.30. The van der Waals surface area contributed by atoms with Gasteiger partial charge in [0.05, 0.1) is 5.92 Å². The largest absolute Gasteiger partial charge is 0.481 e. The van der Waals surface area contributed by atoms with Crippen LogP contribution in [0.15, 0.2) is 0 Å². The van der Waals surface area contributed by atoms with Crippen LogP contribution in [0.5, 0.6) is 0 Å². The number of alkyl halides is 1. The third-order valence-electron chi connectivity index (χ3n) is 2.01. The van der Waals surface area contributed by atoms with Crippen LogP contribution in [-0.2, 0) is 4.79 Å². The number of carbonyl (C=O) groups is 1. The fraction of sp³-hybridized carbons (Fsp3) is 0.857. The maximum atomic E-state index is 10.5. The van der Waals surface area contributed by atoms with Gasteiger partial charge in [0, 0.05) is 3.92 Å². The second kappa shape index (κ2) is 3.55. The summed E-state index contributed by atoms with van der Waals surface area (Å²) in [7, 11) is 0. The van der Waals surface area contributed by atoms with Crippen LogP contribution < -0.4 is 0 Å². The van der Waals surface area contributed by atoms with E-state index < -0.39 is 5.97 Å². The number of carboxylic acid groups (broad SMARTS) is 1. The van der Waals surface area contributed by atoms with Gasteiger partial charge in [-0.05, 0) is 25.7 Å². The van der Waals surface area contributed by atoms with E-state index in [1.54, 1.807) is 0 Å². The number of carboxylic acids is 1. The predicted octanol–water partition coefficient (Wildman–Crippen LogP) is 2.06. The van der Waals surface area contributed by atoms with Crippen molar-refractivity contribution in [3.8, 4) is 0 Å². The average Bonchev–Trinajstić information content (AvgIpc) is 1.88. The van der Waals surface area contributed by atoms with E-state index in [0.29, 0.717) is 3.92 Å². The van der Waals surface area contributed by atoms with Crippen molar-refractivity contribution in [3.05, 3.63) is 0 Å². The summed E-state index contributed by atoms with van der Waals surface area (Å²) in [5.41, 5.74) is 0. The maximum Gasteiger partial charge on any atom is 0.306 e. The molecule has 58 valence electrons. The molecule has 3 heteroatoms. The zero-order valence-corrected chi connectivity index (χ0v) is 7.87. The van der Waals surface area contributed by atoms with E-state index in [4.69, 9.17) is 5.11 Å². The molecule has 0 aromatic heterocycles. The molecule has 1 fully saturated rings. The SMILES string of the molecule is O=C(O)[C@H]1CC[C@H](I)CC1. The number of hydrogen-bond acceptors (Lipinski definition) is 1. The van der Waals surface area contributed by atoms with Crippen molar-refractivity contribution in [3.63, 3.8) is 0 Å². The van der Waals surface area contributed by atoms with Gasteiger partial charge in [-0.15, -0.1) is 0 Å². The molecule has 0 aromatic rings. The first-order valence-corrected chi connectivity index (χ1v) is 4.81. The summed E-state index contributed by atoms with van der Waals surface area (Å²) < 4.78 is 0.716. The Kier molecular flexibility index (Phi) is 2.95. The Morgan fingerprint density at radius 3 is 2.20 bits per heavy atom. The zero-order valence-electron chi connectivity index (χ0n) is 5.72. The minimum absolute atomic E-state index is 0.0500. The van der Waals surface area contributed by atoms with Gasteiger partial charge in [-0.3, -0.25) is 4.79 Å². The third kappa shape index (κ3) is 2.11. The van der Waals surface area contributed by atoms with Crippen molar-refractivity contribution < 1.29 is 9.90 Å². The van der Waals surface area contributed by atoms with Gasteiger partial charge in [0.15, 0.2) is 0 Å². The van der Waals surface area contributed by atoms with Crippen LogP contribution in [0.3, 0.4) is 0 Å². The van der Waals surface area contributed by atoms with Crippen LogP contribution in [0.4, 0.5) is 0 Å². The lowest BCUT2D eigenvalue weighted by molar-refractivity contribution is -0.142. The van der Waals surface area contributed by atoms with E-state index in [0.717, 1.165) is 25.7 Å². The minimum atomic E-state index is -0.608. The first kappa shape index (κ1) is 8.30. The number of halogens is 1. The van der Waals surface area contributed by atoms with Crippen LogP contribution in [0, 0.1) is 5.92 Å². The average molecular weight is 254 g/mol. The topological polar surface area (TPSA) is 37.3 Å². The van der Waals surface area contributed by atoms with E-state index in [-0.39, 0.29) is 5.92 Å². The van der Waals surface area contributed by atoms with Gasteiger partial charge in [-0.2, -0.15) is 0 Å². The molecular weight excluding hydrogens is 243 g/mol. The van der Waals surface area contributed by atoms with Crippen LogP contribution >= 0.6 is 22.6 Å². The lowest BCUT2D eigenvalue weighted by Gasteiger charge is -2.21. The van der Waals surface area contributed by atoms with Crippen molar-refractivity contribution >= 4 is 28.6 Å². The Labute approximate surface area is 74.1 Å². The molecule has 10 heavy (non-hydrogen) atoms. The smallest absolute Gasteiger partial charge is 0.306 e. The van der Waals surface area contributed by atoms with Crippen molar-refractivity contribution in [1.29, 1.82) is 0 Å². The van der Waals surface area contributed by atoms with Crippen molar-refractivity contribution in [2.24, 2.45) is 5.92 Å². The molecule has 0 unspecified atom stereocenters. The molecule has 1 saturated carbocycles. The van der Waals surface area contributed by atoms with Crippen LogP contribution in [0.2, 0.25) is 0 Å². The van der Waals surface area contributed by atoms with Gasteiger partial charge >= 0.3 is 5.97 Å². The van der Waals surface area contributed by atoms with Crippen LogP contribution in [-0.4, -0.2) is 15.0 Å². The molecule has 1 aliphatic carbocycles. The Hall–Kier alpha value is 0.200. The van der Waals surface area contributed by atoms with Gasteiger partial charge in [-0.1, -0.05) is 22.6 Å². The summed E-state index contributed by atoms with van der Waals surface area (Å²) >= 11 is 2.40. The van der Waals surface area contributed by atoms with Gasteiger partial charge in [0.2, 0.25) is 0 Å². The summed E-state index contributed by atoms with van der Waals surface area (Å²) in [4.78, 5) is 10.5. The molecular formula is C7H11IO2. The quantitative estimate of drug-likeness (QED) is 0.574. The summed E-state index contributed by atoms with van der Waals surface area (Å²) in [5.74, 6) is -0.658. The molecule has 1 rings (SSSR count). The highest BCUT2D eigenvalue weighted by molar-refractivity contribution is 14.1. The molecule has 1 aliphatic rings. The highest BCUT2D eigenvalue weighted by atomic mass is 127. The first-order valence-electron chi connectivity index (χ1n) is 3.57. The molecule has 0 amide bonds. The molecule has 0 spiro atoms. The molecule has 0 bridgehead atoms. The lowest BCUT2D eigenvalue weighted by Crippen LogP contribution is -2.20. The molecule has 0 aliphatic heterocycles. The number of rotatable bonds is 1. The zero-order chi connectivity index (χ0) is 7.56. The monoisotopic (exact) mass is 254 g/mol. The highest BCUT2D eigenvalue weighted by Crippen LogP contribution is 2.28.